The smallest absolute Gasteiger partial charge is 0.345 e. The molecule has 0 saturated carbocycles. The lowest BCUT2D eigenvalue weighted by molar-refractivity contribution is -0.0644. The van der Waals surface area contributed by atoms with Crippen molar-refractivity contribution in [3.05, 3.63) is 54.1 Å². The van der Waals surface area contributed by atoms with Crippen molar-refractivity contribution in [3.8, 4) is 11.5 Å². The topological polar surface area (TPSA) is 60.0 Å². The van der Waals surface area contributed by atoms with Gasteiger partial charge in [-0.2, -0.15) is 0 Å². The zero-order valence-electron chi connectivity index (χ0n) is 13.3. The maximum atomic E-state index is 11.8. The van der Waals surface area contributed by atoms with E-state index in [1.54, 1.807) is 18.2 Å². The predicted molar refractivity (Wildman–Crippen MR) is 90.3 cm³/mol. The van der Waals surface area contributed by atoms with Crippen LogP contribution in [-0.4, -0.2) is 31.1 Å². The zero-order valence-corrected chi connectivity index (χ0v) is 14.0. The number of hydrogen-bond acceptors (Lipinski definition) is 4. The van der Waals surface area contributed by atoms with Crippen LogP contribution < -0.4 is 14.8 Å². The molecule has 0 bridgehead atoms. The van der Waals surface area contributed by atoms with Gasteiger partial charge in [0.05, 0.1) is 7.11 Å². The van der Waals surface area contributed by atoms with Crippen LogP contribution in [0.15, 0.2) is 48.5 Å². The van der Waals surface area contributed by atoms with Crippen molar-refractivity contribution >= 4 is 23.3 Å². The average Bonchev–Trinajstić information content (AvgIpc) is 3.01. The SMILES string of the molecule is CON(C)C(=O)Nc1ccc2c(c1)OC(CCl)(c1ccccc1)O2. The molecule has 2 aromatic rings. The fourth-order valence-electron chi connectivity index (χ4n) is 2.35. The number of anilines is 1. The Hall–Kier alpha value is -2.44. The molecule has 1 atom stereocenters. The first-order chi connectivity index (χ1) is 11.6. The van der Waals surface area contributed by atoms with Crippen LogP contribution in [0.2, 0.25) is 0 Å². The number of halogens is 1. The van der Waals surface area contributed by atoms with Crippen molar-refractivity contribution in [1.29, 1.82) is 0 Å². The summed E-state index contributed by atoms with van der Waals surface area (Å²) in [5, 5.41) is 3.78. The Morgan fingerprint density at radius 3 is 2.58 bits per heavy atom. The number of rotatable bonds is 4. The molecule has 1 aliphatic rings. The highest BCUT2D eigenvalue weighted by atomic mass is 35.5. The Balaban J connectivity index is 1.84. The molecule has 0 aromatic heterocycles. The number of benzene rings is 2. The number of fused-ring (bicyclic) bond motifs is 1. The van der Waals surface area contributed by atoms with Crippen molar-refractivity contribution in [2.45, 2.75) is 5.79 Å². The molecule has 3 rings (SSSR count). The van der Waals surface area contributed by atoms with Gasteiger partial charge in [-0.25, -0.2) is 9.86 Å². The van der Waals surface area contributed by atoms with E-state index in [0.717, 1.165) is 10.6 Å². The first kappa shape index (κ1) is 16.4. The fraction of sp³-hybridized carbons (Fsp3) is 0.235. The van der Waals surface area contributed by atoms with E-state index in [1.165, 1.54) is 14.2 Å². The monoisotopic (exact) mass is 348 g/mol. The van der Waals surface area contributed by atoms with E-state index in [-0.39, 0.29) is 5.88 Å². The van der Waals surface area contributed by atoms with Crippen molar-refractivity contribution in [2.24, 2.45) is 0 Å². The molecule has 2 amide bonds. The number of nitrogens with zero attached hydrogens (tertiary/aromatic N) is 1. The van der Waals surface area contributed by atoms with Crippen molar-refractivity contribution in [3.63, 3.8) is 0 Å². The van der Waals surface area contributed by atoms with Gasteiger partial charge in [0.25, 0.3) is 5.79 Å². The van der Waals surface area contributed by atoms with Crippen LogP contribution in [0.25, 0.3) is 0 Å². The summed E-state index contributed by atoms with van der Waals surface area (Å²) in [5.74, 6) is 0.131. The number of carbonyl (C=O) groups excluding carboxylic acids is 1. The number of alkyl halides is 1. The van der Waals surface area contributed by atoms with Crippen LogP contribution >= 0.6 is 11.6 Å². The molecule has 0 spiro atoms. The third-order valence-electron chi connectivity index (χ3n) is 3.69. The van der Waals surface area contributed by atoms with Gasteiger partial charge in [0.15, 0.2) is 11.5 Å². The van der Waals surface area contributed by atoms with Gasteiger partial charge < -0.3 is 14.8 Å². The molecule has 1 unspecified atom stereocenters. The Morgan fingerprint density at radius 1 is 1.21 bits per heavy atom. The summed E-state index contributed by atoms with van der Waals surface area (Å²) in [5.41, 5.74) is 1.38. The van der Waals surface area contributed by atoms with E-state index in [9.17, 15) is 4.79 Å². The lowest BCUT2D eigenvalue weighted by Crippen LogP contribution is -2.37. The highest BCUT2D eigenvalue weighted by Crippen LogP contribution is 2.45. The molecule has 0 fully saturated rings. The Labute approximate surface area is 144 Å². The van der Waals surface area contributed by atoms with Crippen LogP contribution in [0.4, 0.5) is 10.5 Å². The summed E-state index contributed by atoms with van der Waals surface area (Å²) in [6.07, 6.45) is 0. The molecule has 0 aliphatic carbocycles. The molecule has 1 N–H and O–H groups in total. The molecule has 7 heteroatoms. The van der Waals surface area contributed by atoms with Gasteiger partial charge in [-0.15, -0.1) is 11.6 Å². The Kier molecular flexibility index (Phi) is 4.51. The van der Waals surface area contributed by atoms with Crippen molar-refractivity contribution < 1.29 is 19.1 Å². The van der Waals surface area contributed by atoms with E-state index in [4.69, 9.17) is 25.9 Å². The summed E-state index contributed by atoms with van der Waals surface area (Å²) >= 11 is 6.13. The van der Waals surface area contributed by atoms with E-state index in [0.29, 0.717) is 17.2 Å². The minimum atomic E-state index is -1.07. The van der Waals surface area contributed by atoms with E-state index < -0.39 is 11.8 Å². The minimum absolute atomic E-state index is 0.125. The normalized spacial score (nSPS) is 18.3. The van der Waals surface area contributed by atoms with Crippen molar-refractivity contribution in [1.82, 2.24) is 5.06 Å². The largest absolute Gasteiger partial charge is 0.443 e. The van der Waals surface area contributed by atoms with Crippen LogP contribution in [0.5, 0.6) is 11.5 Å². The maximum Gasteiger partial charge on any atom is 0.345 e. The predicted octanol–water partition coefficient (Wildman–Crippen LogP) is 3.57. The van der Waals surface area contributed by atoms with Gasteiger partial charge in [-0.05, 0) is 12.1 Å². The highest BCUT2D eigenvalue weighted by Gasteiger charge is 2.43. The van der Waals surface area contributed by atoms with Gasteiger partial charge in [-0.1, -0.05) is 30.3 Å². The van der Waals surface area contributed by atoms with E-state index >= 15 is 0 Å². The molecule has 126 valence electrons. The lowest BCUT2D eigenvalue weighted by atomic mass is 10.1. The second-order valence-corrected chi connectivity index (χ2v) is 5.50. The molecular weight excluding hydrogens is 332 g/mol. The van der Waals surface area contributed by atoms with Crippen LogP contribution in [-0.2, 0) is 10.6 Å². The average molecular weight is 349 g/mol. The highest BCUT2D eigenvalue weighted by molar-refractivity contribution is 6.18. The summed E-state index contributed by atoms with van der Waals surface area (Å²) in [7, 11) is 2.92. The minimum Gasteiger partial charge on any atom is -0.443 e. The first-order valence-electron chi connectivity index (χ1n) is 7.30. The molecule has 0 saturated heterocycles. The first-order valence-corrected chi connectivity index (χ1v) is 7.84. The molecule has 0 radical (unpaired) electrons. The number of hydroxylamine groups is 2. The molecule has 6 nitrogen and oxygen atoms in total. The summed E-state index contributed by atoms with van der Waals surface area (Å²) in [6.45, 7) is 0. The lowest BCUT2D eigenvalue weighted by Gasteiger charge is -2.25. The number of hydrogen-bond donors (Lipinski definition) is 1. The van der Waals surface area contributed by atoms with Gasteiger partial charge in [0.1, 0.15) is 5.88 Å². The summed E-state index contributed by atoms with van der Waals surface area (Å²) < 4.78 is 11.9. The van der Waals surface area contributed by atoms with E-state index in [2.05, 4.69) is 5.32 Å². The Morgan fingerprint density at radius 2 is 1.92 bits per heavy atom. The maximum absolute atomic E-state index is 11.8. The number of nitrogens with one attached hydrogen (secondary N) is 1. The van der Waals surface area contributed by atoms with Gasteiger partial charge in [0, 0.05) is 24.4 Å². The summed E-state index contributed by atoms with van der Waals surface area (Å²) in [4.78, 5) is 16.7. The molecule has 1 aliphatic heterocycles. The number of amides is 2. The number of urea groups is 1. The third-order valence-corrected chi connectivity index (χ3v) is 4.05. The fourth-order valence-corrected chi connectivity index (χ4v) is 2.62. The quantitative estimate of drug-likeness (QED) is 0.677. The second-order valence-electron chi connectivity index (χ2n) is 5.23. The van der Waals surface area contributed by atoms with Crippen LogP contribution in [0.3, 0.4) is 0 Å². The number of carbonyl (C=O) groups is 1. The third kappa shape index (κ3) is 2.98. The molecule has 2 aromatic carbocycles. The molecule has 1 heterocycles. The standard InChI is InChI=1S/C17H17ClN2O4/c1-20(22-2)16(21)19-13-8-9-14-15(10-13)24-17(11-18,23-14)12-6-4-3-5-7-12/h3-10H,11H2,1-2H3,(H,19,21). The van der Waals surface area contributed by atoms with Crippen LogP contribution in [0.1, 0.15) is 5.56 Å². The van der Waals surface area contributed by atoms with E-state index in [1.807, 2.05) is 30.3 Å². The zero-order chi connectivity index (χ0) is 17.2. The van der Waals surface area contributed by atoms with Gasteiger partial charge >= 0.3 is 6.03 Å². The molecular formula is C17H17ClN2O4. The van der Waals surface area contributed by atoms with Crippen LogP contribution in [0, 0.1) is 0 Å². The van der Waals surface area contributed by atoms with Gasteiger partial charge in [-0.3, -0.25) is 4.84 Å². The summed E-state index contributed by atoms with van der Waals surface area (Å²) in [6, 6.07) is 14.2. The van der Waals surface area contributed by atoms with Gasteiger partial charge in [0.2, 0.25) is 0 Å². The Bertz CT molecular complexity index is 741. The number of ether oxygens (including phenoxy) is 2. The molecule has 24 heavy (non-hydrogen) atoms. The van der Waals surface area contributed by atoms with Crippen molar-refractivity contribution in [2.75, 3.05) is 25.4 Å². The second kappa shape index (κ2) is 6.59.